The van der Waals surface area contributed by atoms with E-state index in [0.717, 1.165) is 24.7 Å². The molecule has 3 nitrogen and oxygen atoms in total. The summed E-state index contributed by atoms with van der Waals surface area (Å²) < 4.78 is 0. The summed E-state index contributed by atoms with van der Waals surface area (Å²) in [5, 5.41) is 3.24. The van der Waals surface area contributed by atoms with E-state index >= 15 is 0 Å². The largest absolute Gasteiger partial charge is 0.352 e. The summed E-state index contributed by atoms with van der Waals surface area (Å²) in [7, 11) is 0. The maximum absolute atomic E-state index is 12.2. The molecule has 17 heavy (non-hydrogen) atoms. The van der Waals surface area contributed by atoms with Gasteiger partial charge in [-0.15, -0.1) is 0 Å². The highest BCUT2D eigenvalue weighted by molar-refractivity contribution is 5.82. The molecule has 4 unspecified atom stereocenters. The van der Waals surface area contributed by atoms with E-state index in [-0.39, 0.29) is 12.1 Å². The Bertz CT molecular complexity index is 295. The standard InChI is InChI=1S/C14H24N2O/c15-11-7-2-1-3-8-12(11)16-14(17)13-9-5-4-6-10(9)13/h9-13H,1-8,15H2,(H,16,17). The van der Waals surface area contributed by atoms with Crippen molar-refractivity contribution in [2.24, 2.45) is 23.5 Å². The van der Waals surface area contributed by atoms with Crippen LogP contribution in [0.1, 0.15) is 51.4 Å². The third-order valence-corrected chi connectivity index (χ3v) is 5.11. The van der Waals surface area contributed by atoms with Gasteiger partial charge in [0.05, 0.1) is 0 Å². The number of nitrogens with one attached hydrogen (secondary N) is 1. The first kappa shape index (κ1) is 11.5. The van der Waals surface area contributed by atoms with E-state index in [2.05, 4.69) is 5.32 Å². The molecule has 3 saturated carbocycles. The maximum atomic E-state index is 12.2. The fourth-order valence-electron chi connectivity index (χ4n) is 4.00. The van der Waals surface area contributed by atoms with Crippen molar-refractivity contribution in [2.75, 3.05) is 0 Å². The number of fused-ring (bicyclic) bond motifs is 1. The maximum Gasteiger partial charge on any atom is 0.223 e. The Labute approximate surface area is 104 Å². The van der Waals surface area contributed by atoms with Crippen LogP contribution < -0.4 is 11.1 Å². The van der Waals surface area contributed by atoms with Gasteiger partial charge < -0.3 is 11.1 Å². The molecule has 0 aliphatic heterocycles. The van der Waals surface area contributed by atoms with E-state index in [1.54, 1.807) is 0 Å². The molecule has 0 heterocycles. The molecule has 3 N–H and O–H groups in total. The van der Waals surface area contributed by atoms with Gasteiger partial charge in [0, 0.05) is 18.0 Å². The molecule has 3 rings (SSSR count). The van der Waals surface area contributed by atoms with Gasteiger partial charge in [-0.2, -0.15) is 0 Å². The second-order valence-electron chi connectivity index (χ2n) is 6.20. The lowest BCUT2D eigenvalue weighted by Gasteiger charge is -2.23. The van der Waals surface area contributed by atoms with Gasteiger partial charge in [-0.1, -0.05) is 25.7 Å². The average Bonchev–Trinajstić information content (AvgIpc) is 2.89. The highest BCUT2D eigenvalue weighted by Crippen LogP contribution is 2.57. The molecule has 4 atom stereocenters. The van der Waals surface area contributed by atoms with E-state index in [9.17, 15) is 4.79 Å². The Morgan fingerprint density at radius 1 is 0.941 bits per heavy atom. The Balaban J connectivity index is 1.53. The Hall–Kier alpha value is -0.570. The monoisotopic (exact) mass is 236 g/mol. The van der Waals surface area contributed by atoms with Gasteiger partial charge in [0.15, 0.2) is 0 Å². The molecule has 0 aromatic heterocycles. The molecule has 0 spiro atoms. The second kappa shape index (κ2) is 4.60. The number of hydrogen-bond donors (Lipinski definition) is 2. The minimum atomic E-state index is 0.181. The van der Waals surface area contributed by atoms with Crippen molar-refractivity contribution in [2.45, 2.75) is 63.5 Å². The summed E-state index contributed by atoms with van der Waals surface area (Å²) in [6.07, 6.45) is 9.76. The molecule has 0 aromatic rings. The summed E-state index contributed by atoms with van der Waals surface area (Å²) in [4.78, 5) is 12.2. The highest BCUT2D eigenvalue weighted by Gasteiger charge is 2.56. The average molecular weight is 236 g/mol. The number of rotatable bonds is 2. The fourth-order valence-corrected chi connectivity index (χ4v) is 4.00. The van der Waals surface area contributed by atoms with E-state index < -0.39 is 0 Å². The van der Waals surface area contributed by atoms with Gasteiger partial charge in [-0.25, -0.2) is 0 Å². The lowest BCUT2D eigenvalue weighted by molar-refractivity contribution is -0.124. The first-order valence-corrected chi connectivity index (χ1v) is 7.33. The zero-order valence-corrected chi connectivity index (χ0v) is 10.5. The SMILES string of the molecule is NC1CCCCCC1NC(=O)C1C2CCCC21. The molecule has 0 aromatic carbocycles. The van der Waals surface area contributed by atoms with E-state index in [1.165, 1.54) is 38.5 Å². The summed E-state index contributed by atoms with van der Waals surface area (Å²) in [5.41, 5.74) is 6.15. The Kier molecular flexibility index (Phi) is 3.12. The van der Waals surface area contributed by atoms with E-state index in [4.69, 9.17) is 5.73 Å². The first-order valence-electron chi connectivity index (χ1n) is 7.33. The van der Waals surface area contributed by atoms with E-state index in [1.807, 2.05) is 0 Å². The van der Waals surface area contributed by atoms with Crippen LogP contribution >= 0.6 is 0 Å². The van der Waals surface area contributed by atoms with Gasteiger partial charge >= 0.3 is 0 Å². The third kappa shape index (κ3) is 2.22. The molecule has 0 saturated heterocycles. The molecule has 3 aliphatic carbocycles. The van der Waals surface area contributed by atoms with Crippen molar-refractivity contribution in [3.63, 3.8) is 0 Å². The van der Waals surface area contributed by atoms with Crippen LogP contribution in [0.5, 0.6) is 0 Å². The van der Waals surface area contributed by atoms with Gasteiger partial charge in [0.25, 0.3) is 0 Å². The highest BCUT2D eigenvalue weighted by atomic mass is 16.2. The lowest BCUT2D eigenvalue weighted by Crippen LogP contribution is -2.47. The normalized spacial score (nSPS) is 44.9. The number of carbonyl (C=O) groups is 1. The number of amides is 1. The van der Waals surface area contributed by atoms with Crippen molar-refractivity contribution in [3.05, 3.63) is 0 Å². The third-order valence-electron chi connectivity index (χ3n) is 5.11. The molecule has 3 aliphatic rings. The summed E-state index contributed by atoms with van der Waals surface area (Å²) in [6.45, 7) is 0. The Morgan fingerprint density at radius 2 is 1.65 bits per heavy atom. The minimum Gasteiger partial charge on any atom is -0.352 e. The number of hydrogen-bond acceptors (Lipinski definition) is 2. The van der Waals surface area contributed by atoms with Crippen molar-refractivity contribution in [1.82, 2.24) is 5.32 Å². The van der Waals surface area contributed by atoms with Crippen LogP contribution in [0.15, 0.2) is 0 Å². The van der Waals surface area contributed by atoms with Crippen LogP contribution in [0.25, 0.3) is 0 Å². The van der Waals surface area contributed by atoms with Crippen molar-refractivity contribution in [3.8, 4) is 0 Å². The van der Waals surface area contributed by atoms with Gasteiger partial charge in [-0.05, 0) is 37.5 Å². The van der Waals surface area contributed by atoms with Crippen LogP contribution in [0.3, 0.4) is 0 Å². The molecule has 1 amide bonds. The molecular weight excluding hydrogens is 212 g/mol. The van der Waals surface area contributed by atoms with Crippen LogP contribution in [0.4, 0.5) is 0 Å². The minimum absolute atomic E-state index is 0.181. The topological polar surface area (TPSA) is 55.1 Å². The molecule has 0 radical (unpaired) electrons. The van der Waals surface area contributed by atoms with Crippen molar-refractivity contribution >= 4 is 5.91 Å². The molecule has 3 fully saturated rings. The Morgan fingerprint density at radius 3 is 2.41 bits per heavy atom. The van der Waals surface area contributed by atoms with Crippen LogP contribution in [-0.4, -0.2) is 18.0 Å². The zero-order chi connectivity index (χ0) is 11.8. The molecule has 3 heteroatoms. The second-order valence-corrected chi connectivity index (χ2v) is 6.20. The van der Waals surface area contributed by atoms with Crippen LogP contribution in [0, 0.1) is 17.8 Å². The van der Waals surface area contributed by atoms with Gasteiger partial charge in [0.1, 0.15) is 0 Å². The van der Waals surface area contributed by atoms with E-state index in [0.29, 0.717) is 11.8 Å². The molecular formula is C14H24N2O. The molecule has 96 valence electrons. The van der Waals surface area contributed by atoms with Crippen LogP contribution in [-0.2, 0) is 4.79 Å². The summed E-state index contributed by atoms with van der Waals surface area (Å²) in [6, 6.07) is 0.423. The predicted molar refractivity (Wildman–Crippen MR) is 67.3 cm³/mol. The zero-order valence-electron chi connectivity index (χ0n) is 10.5. The number of carbonyl (C=O) groups excluding carboxylic acids is 1. The fraction of sp³-hybridized carbons (Fsp3) is 0.929. The quantitative estimate of drug-likeness (QED) is 0.718. The van der Waals surface area contributed by atoms with Crippen molar-refractivity contribution < 1.29 is 4.79 Å². The summed E-state index contributed by atoms with van der Waals surface area (Å²) >= 11 is 0. The molecule has 0 bridgehead atoms. The predicted octanol–water partition coefficient (Wildman–Crippen LogP) is 1.81. The summed E-state index contributed by atoms with van der Waals surface area (Å²) in [5.74, 6) is 2.09. The first-order chi connectivity index (χ1) is 8.27. The van der Waals surface area contributed by atoms with Crippen LogP contribution in [0.2, 0.25) is 0 Å². The van der Waals surface area contributed by atoms with Crippen molar-refractivity contribution in [1.29, 1.82) is 0 Å². The lowest BCUT2D eigenvalue weighted by atomic mass is 10.0. The number of nitrogens with two attached hydrogens (primary N) is 1. The van der Waals surface area contributed by atoms with Gasteiger partial charge in [0.2, 0.25) is 5.91 Å². The smallest absolute Gasteiger partial charge is 0.223 e. The van der Waals surface area contributed by atoms with Gasteiger partial charge in [-0.3, -0.25) is 4.79 Å².